The van der Waals surface area contributed by atoms with Crippen LogP contribution in [0.4, 0.5) is 10.3 Å². The molecular weight excluding hydrogens is 387 g/mol. The van der Waals surface area contributed by atoms with Crippen LogP contribution in [-0.4, -0.2) is 28.1 Å². The molecule has 0 atom stereocenters. The Kier molecular flexibility index (Phi) is 5.47. The quantitative estimate of drug-likeness (QED) is 0.520. The summed E-state index contributed by atoms with van der Waals surface area (Å²) in [4.78, 5) is 20.9. The zero-order valence-electron chi connectivity index (χ0n) is 16.0. The van der Waals surface area contributed by atoms with Gasteiger partial charge in [0.15, 0.2) is 0 Å². The van der Waals surface area contributed by atoms with Gasteiger partial charge in [0, 0.05) is 11.8 Å². The van der Waals surface area contributed by atoms with Gasteiger partial charge in [0.25, 0.3) is 0 Å². The standard InChI is InChI=1S/C22H17FN4O3/c1-29-22-24-12-11-17(25-22)19-20(15-7-9-16(23)10-8-15)27-30-21(19)26-18(28)13-14-5-3-2-4-6-14/h2-12H,13H2,1H3,(H,26,28). The lowest BCUT2D eigenvalue weighted by Gasteiger charge is -2.07. The Labute approximate surface area is 171 Å². The van der Waals surface area contributed by atoms with Crippen molar-refractivity contribution in [1.29, 1.82) is 0 Å². The molecule has 0 spiro atoms. The van der Waals surface area contributed by atoms with Gasteiger partial charge in [0.05, 0.1) is 24.8 Å². The van der Waals surface area contributed by atoms with E-state index in [1.54, 1.807) is 18.2 Å². The number of hydrogen-bond acceptors (Lipinski definition) is 6. The first-order valence-corrected chi connectivity index (χ1v) is 9.11. The van der Waals surface area contributed by atoms with Crippen LogP contribution in [0, 0.1) is 5.82 Å². The number of carbonyl (C=O) groups excluding carboxylic acids is 1. The van der Waals surface area contributed by atoms with E-state index in [2.05, 4.69) is 20.4 Å². The lowest BCUT2D eigenvalue weighted by molar-refractivity contribution is -0.115. The van der Waals surface area contributed by atoms with E-state index in [9.17, 15) is 9.18 Å². The second-order valence-electron chi connectivity index (χ2n) is 6.38. The molecule has 0 fully saturated rings. The molecule has 8 heteroatoms. The third kappa shape index (κ3) is 4.17. The Morgan fingerprint density at radius 1 is 1.10 bits per heavy atom. The number of aromatic nitrogens is 3. The van der Waals surface area contributed by atoms with E-state index in [1.807, 2.05) is 30.3 Å². The summed E-state index contributed by atoms with van der Waals surface area (Å²) in [5.41, 5.74) is 2.77. The molecule has 0 aliphatic carbocycles. The van der Waals surface area contributed by atoms with Crippen molar-refractivity contribution in [2.45, 2.75) is 6.42 Å². The number of benzene rings is 2. The maximum Gasteiger partial charge on any atom is 0.316 e. The zero-order chi connectivity index (χ0) is 20.9. The van der Waals surface area contributed by atoms with Crippen molar-refractivity contribution in [1.82, 2.24) is 15.1 Å². The summed E-state index contributed by atoms with van der Waals surface area (Å²) in [6.07, 6.45) is 1.69. The Balaban J connectivity index is 1.72. The molecule has 0 saturated heterocycles. The average molecular weight is 404 g/mol. The first kappa shape index (κ1) is 19.3. The fraction of sp³-hybridized carbons (Fsp3) is 0.0909. The summed E-state index contributed by atoms with van der Waals surface area (Å²) < 4.78 is 23.9. The molecule has 7 nitrogen and oxygen atoms in total. The molecule has 2 heterocycles. The van der Waals surface area contributed by atoms with E-state index in [0.717, 1.165) is 5.56 Å². The summed E-state index contributed by atoms with van der Waals surface area (Å²) >= 11 is 0. The van der Waals surface area contributed by atoms with Gasteiger partial charge in [-0.15, -0.1) is 0 Å². The van der Waals surface area contributed by atoms with Gasteiger partial charge in [-0.05, 0) is 35.9 Å². The first-order valence-electron chi connectivity index (χ1n) is 9.11. The molecule has 0 radical (unpaired) electrons. The van der Waals surface area contributed by atoms with Gasteiger partial charge in [-0.3, -0.25) is 10.1 Å². The molecule has 2 aromatic carbocycles. The normalized spacial score (nSPS) is 10.6. The number of carbonyl (C=O) groups is 1. The summed E-state index contributed by atoms with van der Waals surface area (Å²) in [5, 5.41) is 6.85. The van der Waals surface area contributed by atoms with Crippen molar-refractivity contribution < 1.29 is 18.4 Å². The highest BCUT2D eigenvalue weighted by atomic mass is 19.1. The number of rotatable bonds is 6. The molecule has 4 aromatic rings. The van der Waals surface area contributed by atoms with Gasteiger partial charge in [-0.25, -0.2) is 9.37 Å². The number of ether oxygens (including phenoxy) is 1. The van der Waals surface area contributed by atoms with E-state index in [0.29, 0.717) is 22.5 Å². The molecule has 0 aliphatic heterocycles. The molecule has 0 bridgehead atoms. The fourth-order valence-corrected chi connectivity index (χ4v) is 2.95. The van der Waals surface area contributed by atoms with Gasteiger partial charge >= 0.3 is 6.01 Å². The van der Waals surface area contributed by atoms with Crippen LogP contribution in [0.25, 0.3) is 22.5 Å². The lowest BCUT2D eigenvalue weighted by atomic mass is 10.0. The summed E-state index contributed by atoms with van der Waals surface area (Å²) in [6.45, 7) is 0. The second-order valence-corrected chi connectivity index (χ2v) is 6.38. The first-order chi connectivity index (χ1) is 14.6. The number of nitrogens with zero attached hydrogens (tertiary/aromatic N) is 3. The predicted molar refractivity (Wildman–Crippen MR) is 108 cm³/mol. The SMILES string of the molecule is COc1nccc(-c2c(-c3ccc(F)cc3)noc2NC(=O)Cc2ccccc2)n1. The number of methoxy groups -OCH3 is 1. The number of nitrogens with one attached hydrogen (secondary N) is 1. The Morgan fingerprint density at radius 2 is 1.87 bits per heavy atom. The fourth-order valence-electron chi connectivity index (χ4n) is 2.95. The minimum atomic E-state index is -0.371. The van der Waals surface area contributed by atoms with Gasteiger partial charge in [-0.1, -0.05) is 35.5 Å². The van der Waals surface area contributed by atoms with Gasteiger partial charge in [0.2, 0.25) is 11.8 Å². The number of anilines is 1. The molecular formula is C22H17FN4O3. The van der Waals surface area contributed by atoms with E-state index >= 15 is 0 Å². The van der Waals surface area contributed by atoms with Crippen molar-refractivity contribution in [3.8, 4) is 28.5 Å². The van der Waals surface area contributed by atoms with E-state index in [4.69, 9.17) is 9.26 Å². The van der Waals surface area contributed by atoms with Gasteiger partial charge in [-0.2, -0.15) is 4.98 Å². The second kappa shape index (κ2) is 8.52. The van der Waals surface area contributed by atoms with E-state index < -0.39 is 0 Å². The minimum absolute atomic E-state index is 0.135. The summed E-state index contributed by atoms with van der Waals surface area (Å²) in [6, 6.07) is 16.9. The molecule has 1 N–H and O–H groups in total. The van der Waals surface area contributed by atoms with Crippen LogP contribution in [0.5, 0.6) is 6.01 Å². The summed E-state index contributed by atoms with van der Waals surface area (Å²) in [7, 11) is 1.45. The smallest absolute Gasteiger partial charge is 0.316 e. The van der Waals surface area contributed by atoms with Crippen molar-refractivity contribution >= 4 is 11.8 Å². The van der Waals surface area contributed by atoms with Crippen LogP contribution in [0.1, 0.15) is 5.56 Å². The van der Waals surface area contributed by atoms with Crippen LogP contribution < -0.4 is 10.1 Å². The van der Waals surface area contributed by atoms with Crippen molar-refractivity contribution in [2.24, 2.45) is 0 Å². The monoisotopic (exact) mass is 404 g/mol. The molecule has 30 heavy (non-hydrogen) atoms. The highest BCUT2D eigenvalue weighted by Gasteiger charge is 2.23. The topological polar surface area (TPSA) is 90.1 Å². The Hall–Kier alpha value is -4.07. The van der Waals surface area contributed by atoms with E-state index in [1.165, 1.54) is 25.4 Å². The van der Waals surface area contributed by atoms with Crippen molar-refractivity contribution in [2.75, 3.05) is 12.4 Å². The Morgan fingerprint density at radius 3 is 2.60 bits per heavy atom. The summed E-state index contributed by atoms with van der Waals surface area (Å²) in [5.74, 6) is -0.509. The molecule has 0 aliphatic rings. The van der Waals surface area contributed by atoms with Crippen molar-refractivity contribution in [3.63, 3.8) is 0 Å². The molecule has 0 unspecified atom stereocenters. The number of halogens is 1. The third-order valence-corrected chi connectivity index (χ3v) is 4.34. The highest BCUT2D eigenvalue weighted by Crippen LogP contribution is 2.37. The largest absolute Gasteiger partial charge is 0.467 e. The average Bonchev–Trinajstić information content (AvgIpc) is 3.18. The van der Waals surface area contributed by atoms with Gasteiger partial charge < -0.3 is 9.26 Å². The van der Waals surface area contributed by atoms with Crippen LogP contribution in [0.3, 0.4) is 0 Å². The maximum atomic E-state index is 13.4. The molecule has 1 amide bonds. The van der Waals surface area contributed by atoms with Crippen LogP contribution >= 0.6 is 0 Å². The zero-order valence-corrected chi connectivity index (χ0v) is 16.0. The molecule has 0 saturated carbocycles. The van der Waals surface area contributed by atoms with E-state index in [-0.39, 0.29) is 30.0 Å². The van der Waals surface area contributed by atoms with Crippen LogP contribution in [-0.2, 0) is 11.2 Å². The number of hydrogen-bond donors (Lipinski definition) is 1. The third-order valence-electron chi connectivity index (χ3n) is 4.34. The molecule has 4 rings (SSSR count). The van der Waals surface area contributed by atoms with Gasteiger partial charge in [0.1, 0.15) is 11.5 Å². The van der Waals surface area contributed by atoms with Crippen molar-refractivity contribution in [3.05, 3.63) is 78.2 Å². The van der Waals surface area contributed by atoms with Crippen LogP contribution in [0.15, 0.2) is 71.4 Å². The predicted octanol–water partition coefficient (Wildman–Crippen LogP) is 4.13. The molecule has 2 aromatic heterocycles. The maximum absolute atomic E-state index is 13.4. The minimum Gasteiger partial charge on any atom is -0.467 e. The number of amides is 1. The van der Waals surface area contributed by atoms with Crippen LogP contribution in [0.2, 0.25) is 0 Å². The lowest BCUT2D eigenvalue weighted by Crippen LogP contribution is -2.14. The highest BCUT2D eigenvalue weighted by molar-refractivity contribution is 5.97. The molecule has 150 valence electrons. The Bertz CT molecular complexity index is 1160.